The largest absolute Gasteiger partial charge is 0.507 e. The average molecular weight is 541 g/mol. The number of anilines is 1. The van der Waals surface area contributed by atoms with E-state index in [-0.39, 0.29) is 16.4 Å². The first-order valence-corrected chi connectivity index (χ1v) is 12.4. The van der Waals surface area contributed by atoms with Gasteiger partial charge < -0.3 is 25.1 Å². The Labute approximate surface area is 209 Å². The van der Waals surface area contributed by atoms with Crippen molar-refractivity contribution in [3.8, 4) is 5.75 Å². The number of carbonyl (C=O) groups excluding carboxylic acids is 1. The first kappa shape index (κ1) is 24.6. The number of imidazole rings is 1. The van der Waals surface area contributed by atoms with Gasteiger partial charge in [0.05, 0.1) is 18.5 Å². The number of hydrogen-bond donors (Lipinski definition) is 3. The summed E-state index contributed by atoms with van der Waals surface area (Å²) in [7, 11) is -4.60. The van der Waals surface area contributed by atoms with Gasteiger partial charge >= 0.3 is 10.3 Å². The maximum atomic E-state index is 12.5. The van der Waals surface area contributed by atoms with Crippen LogP contribution in [0.4, 0.5) is 5.82 Å². The summed E-state index contributed by atoms with van der Waals surface area (Å²) in [6, 6.07) is 3.63. The van der Waals surface area contributed by atoms with Crippen molar-refractivity contribution in [1.82, 2.24) is 24.2 Å². The fourth-order valence-electron chi connectivity index (χ4n) is 4.12. The molecule has 0 aliphatic carbocycles. The molecule has 1 amide bonds. The van der Waals surface area contributed by atoms with Crippen LogP contribution in [0.2, 0.25) is 5.02 Å². The number of nitrogen functional groups attached to an aromatic ring is 1. The van der Waals surface area contributed by atoms with Gasteiger partial charge in [-0.1, -0.05) is 11.6 Å². The summed E-state index contributed by atoms with van der Waals surface area (Å²) in [5.41, 5.74) is 6.29. The van der Waals surface area contributed by atoms with E-state index in [1.807, 2.05) is 0 Å². The number of carbonyl (C=O) groups is 1. The summed E-state index contributed by atoms with van der Waals surface area (Å²) in [6.45, 7) is 2.91. The van der Waals surface area contributed by atoms with Crippen LogP contribution in [0.5, 0.6) is 5.75 Å². The molecular formula is C20H21ClN6O8S. The molecule has 0 spiro atoms. The molecule has 0 bridgehead atoms. The molecule has 2 saturated heterocycles. The molecule has 2 fully saturated rings. The predicted molar refractivity (Wildman–Crippen MR) is 123 cm³/mol. The van der Waals surface area contributed by atoms with Crippen LogP contribution in [0.15, 0.2) is 30.9 Å². The second kappa shape index (κ2) is 8.79. The molecule has 0 unspecified atom stereocenters. The number of nitrogens with two attached hydrogens (primary N) is 1. The number of nitrogens with one attached hydrogen (secondary N) is 1. The topological polar surface area (TPSA) is 190 Å². The first-order chi connectivity index (χ1) is 16.9. The van der Waals surface area contributed by atoms with Crippen molar-refractivity contribution in [2.45, 2.75) is 44.2 Å². The molecule has 36 heavy (non-hydrogen) atoms. The summed E-state index contributed by atoms with van der Waals surface area (Å²) in [4.78, 5) is 24.7. The number of hydrogen-bond acceptors (Lipinski definition) is 12. The van der Waals surface area contributed by atoms with Crippen molar-refractivity contribution < 1.29 is 36.7 Å². The number of fused-ring (bicyclic) bond motifs is 2. The highest BCUT2D eigenvalue weighted by Gasteiger charge is 2.56. The van der Waals surface area contributed by atoms with Gasteiger partial charge in [-0.2, -0.15) is 8.42 Å². The Hall–Kier alpha value is -3.08. The molecule has 5 rings (SSSR count). The molecule has 3 aromatic rings. The Balaban J connectivity index is 1.33. The molecule has 14 nitrogen and oxygen atoms in total. The third-order valence-corrected chi connectivity index (χ3v) is 6.71. The van der Waals surface area contributed by atoms with E-state index >= 15 is 0 Å². The normalized spacial score (nSPS) is 25.2. The van der Waals surface area contributed by atoms with Gasteiger partial charge in [-0.3, -0.25) is 13.5 Å². The lowest BCUT2D eigenvalue weighted by atomic mass is 10.1. The molecule has 1 aromatic carbocycles. The van der Waals surface area contributed by atoms with Crippen LogP contribution in [-0.4, -0.2) is 69.7 Å². The van der Waals surface area contributed by atoms with E-state index in [2.05, 4.69) is 15.0 Å². The van der Waals surface area contributed by atoms with Crippen LogP contribution in [-0.2, 0) is 28.7 Å². The van der Waals surface area contributed by atoms with E-state index in [1.165, 1.54) is 18.7 Å². The number of nitrogens with zero attached hydrogens (tertiary/aromatic N) is 4. The van der Waals surface area contributed by atoms with E-state index in [4.69, 9.17) is 35.7 Å². The second-order valence-electron chi connectivity index (χ2n) is 8.54. The monoisotopic (exact) mass is 540 g/mol. The van der Waals surface area contributed by atoms with Crippen molar-refractivity contribution in [2.75, 3.05) is 12.3 Å². The van der Waals surface area contributed by atoms with E-state index in [1.54, 1.807) is 23.1 Å². The summed E-state index contributed by atoms with van der Waals surface area (Å²) >= 11 is 5.82. The molecule has 4 N–H and O–H groups in total. The van der Waals surface area contributed by atoms with Crippen LogP contribution in [0.25, 0.3) is 11.2 Å². The highest BCUT2D eigenvalue weighted by molar-refractivity contribution is 7.85. The van der Waals surface area contributed by atoms with E-state index in [0.717, 1.165) is 12.1 Å². The number of ether oxygens (including phenoxy) is 3. The molecule has 4 atom stereocenters. The van der Waals surface area contributed by atoms with Crippen LogP contribution in [0.1, 0.15) is 30.4 Å². The fraction of sp³-hybridized carbons (Fsp3) is 0.400. The highest BCUT2D eigenvalue weighted by atomic mass is 35.5. The van der Waals surface area contributed by atoms with Crippen LogP contribution in [0.3, 0.4) is 0 Å². The number of benzene rings is 1. The van der Waals surface area contributed by atoms with Crippen molar-refractivity contribution in [3.05, 3.63) is 41.4 Å². The van der Waals surface area contributed by atoms with Gasteiger partial charge in [0.15, 0.2) is 23.5 Å². The second-order valence-corrected chi connectivity index (χ2v) is 10.3. The minimum atomic E-state index is -4.60. The molecule has 4 heterocycles. The Morgan fingerprint density at radius 2 is 2.03 bits per heavy atom. The zero-order chi connectivity index (χ0) is 25.8. The Bertz CT molecular complexity index is 1450. The number of aromatic nitrogens is 4. The van der Waals surface area contributed by atoms with Crippen LogP contribution >= 0.6 is 11.6 Å². The number of phenols is 1. The maximum absolute atomic E-state index is 12.5. The molecule has 16 heteroatoms. The van der Waals surface area contributed by atoms with Crippen molar-refractivity contribution in [3.63, 3.8) is 0 Å². The van der Waals surface area contributed by atoms with Crippen molar-refractivity contribution >= 4 is 44.8 Å². The van der Waals surface area contributed by atoms with E-state index < -0.39 is 58.9 Å². The van der Waals surface area contributed by atoms with Gasteiger partial charge in [0, 0.05) is 5.02 Å². The predicted octanol–water partition coefficient (Wildman–Crippen LogP) is 0.876. The Kier molecular flexibility index (Phi) is 6.01. The first-order valence-electron chi connectivity index (χ1n) is 10.6. The number of halogens is 1. The van der Waals surface area contributed by atoms with Gasteiger partial charge in [0.2, 0.25) is 0 Å². The smallest absolute Gasteiger partial charge is 0.362 e. The Morgan fingerprint density at radius 1 is 1.28 bits per heavy atom. The fourth-order valence-corrected chi connectivity index (χ4v) is 5.00. The molecule has 2 aliphatic rings. The van der Waals surface area contributed by atoms with Gasteiger partial charge in [0.1, 0.15) is 35.9 Å². The zero-order valence-electron chi connectivity index (χ0n) is 18.9. The number of phenolic OH excluding ortho intramolecular Hbond substituents is 1. The standard InChI is InChI=1S/C20H21ClN6O8S/c1-20(2)34-14-12(6-32-36(30,31)26-18(29)10-5-9(21)3-4-11(10)28)33-19(15(14)35-20)27-8-25-13-16(22)23-7-24-17(13)27/h3-5,7-8,12,14-15,19,28H,6H2,1-2H3,(H,26,29)(H2,22,23,24)/t12-,14-,15-,19-/m1/s1. The van der Waals surface area contributed by atoms with E-state index in [0.29, 0.717) is 11.2 Å². The van der Waals surface area contributed by atoms with Crippen LogP contribution in [0, 0.1) is 0 Å². The molecule has 0 radical (unpaired) electrons. The van der Waals surface area contributed by atoms with Crippen LogP contribution < -0.4 is 10.5 Å². The van der Waals surface area contributed by atoms with E-state index in [9.17, 15) is 18.3 Å². The average Bonchev–Trinajstić information content (AvgIpc) is 3.45. The third kappa shape index (κ3) is 4.56. The van der Waals surface area contributed by atoms with Crippen molar-refractivity contribution in [1.29, 1.82) is 0 Å². The van der Waals surface area contributed by atoms with Gasteiger partial charge in [-0.15, -0.1) is 0 Å². The Morgan fingerprint density at radius 3 is 2.81 bits per heavy atom. The SMILES string of the molecule is CC1(C)O[C@@H]2[C@H](O1)[C@@H](COS(=O)(=O)NC(=O)c1cc(Cl)ccc1O)O[C@H]2n1cnc2c(N)ncnc21. The summed E-state index contributed by atoms with van der Waals surface area (Å²) in [5.74, 6) is -2.38. The number of rotatable bonds is 6. The van der Waals surface area contributed by atoms with Gasteiger partial charge in [-0.05, 0) is 32.0 Å². The quantitative estimate of drug-likeness (QED) is 0.400. The maximum Gasteiger partial charge on any atom is 0.362 e. The lowest BCUT2D eigenvalue weighted by Crippen LogP contribution is -2.37. The zero-order valence-corrected chi connectivity index (χ0v) is 20.4. The van der Waals surface area contributed by atoms with Gasteiger partial charge in [-0.25, -0.2) is 19.7 Å². The molecule has 2 aromatic heterocycles. The lowest BCUT2D eigenvalue weighted by molar-refractivity contribution is -0.198. The number of amides is 1. The molecule has 0 saturated carbocycles. The number of aromatic hydroxyl groups is 1. The summed E-state index contributed by atoms with van der Waals surface area (Å²) in [5, 5.41) is 9.97. The van der Waals surface area contributed by atoms with Crippen molar-refractivity contribution in [2.24, 2.45) is 0 Å². The molecule has 2 aliphatic heterocycles. The summed E-state index contributed by atoms with van der Waals surface area (Å²) in [6.07, 6.45) is -0.349. The highest BCUT2D eigenvalue weighted by Crippen LogP contribution is 2.44. The summed E-state index contributed by atoms with van der Waals surface area (Å²) < 4.78 is 51.3. The molecule has 192 valence electrons. The molecular weight excluding hydrogens is 520 g/mol. The van der Waals surface area contributed by atoms with Gasteiger partial charge in [0.25, 0.3) is 5.91 Å². The third-order valence-electron chi connectivity index (χ3n) is 5.59. The lowest BCUT2D eigenvalue weighted by Gasteiger charge is -2.24. The minimum Gasteiger partial charge on any atom is -0.507 e. The minimum absolute atomic E-state index is 0.132.